The van der Waals surface area contributed by atoms with Crippen LogP contribution < -0.4 is 4.74 Å². The molecule has 0 spiro atoms. The van der Waals surface area contributed by atoms with E-state index in [1.165, 1.54) is 18.2 Å². The van der Waals surface area contributed by atoms with Crippen molar-refractivity contribution in [3.63, 3.8) is 0 Å². The van der Waals surface area contributed by atoms with Crippen LogP contribution in [0.1, 0.15) is 11.1 Å². The van der Waals surface area contributed by atoms with E-state index in [0.717, 1.165) is 5.56 Å². The van der Waals surface area contributed by atoms with Crippen molar-refractivity contribution >= 4 is 0 Å². The number of benzene rings is 3. The highest BCUT2D eigenvalue weighted by atomic mass is 19.2. The highest BCUT2D eigenvalue weighted by molar-refractivity contribution is 5.71. The lowest BCUT2D eigenvalue weighted by molar-refractivity contribution is 0.386. The second-order valence-corrected chi connectivity index (χ2v) is 5.21. The van der Waals surface area contributed by atoms with E-state index < -0.39 is 34.3 Å². The Balaban J connectivity index is 2.17. The Morgan fingerprint density at radius 2 is 1.27 bits per heavy atom. The Bertz CT molecular complexity index is 1070. The molecule has 3 aromatic rings. The first-order chi connectivity index (χ1) is 12.6. The first-order valence-corrected chi connectivity index (χ1v) is 7.41. The molecule has 126 valence electrons. The lowest BCUT2D eigenvalue weighted by atomic mass is 10.0. The van der Waals surface area contributed by atoms with Gasteiger partial charge in [0, 0.05) is 5.56 Å². The maximum absolute atomic E-state index is 14.5. The van der Waals surface area contributed by atoms with Crippen LogP contribution in [0.5, 0.6) is 11.5 Å². The van der Waals surface area contributed by atoms with Crippen LogP contribution >= 0.6 is 0 Å². The van der Waals surface area contributed by atoms with E-state index in [2.05, 4.69) is 0 Å². The number of nitrogens with zero attached hydrogens (tertiary/aromatic N) is 2. The molecule has 0 N–H and O–H groups in total. The van der Waals surface area contributed by atoms with E-state index >= 15 is 0 Å². The summed E-state index contributed by atoms with van der Waals surface area (Å²) < 4.78 is 48.0. The summed E-state index contributed by atoms with van der Waals surface area (Å²) in [6.07, 6.45) is 0. The Kier molecular flexibility index (Phi) is 4.59. The number of para-hydroxylation sites is 1. The lowest BCUT2D eigenvalue weighted by Crippen LogP contribution is -2.04. The van der Waals surface area contributed by atoms with E-state index in [1.54, 1.807) is 42.5 Å². The van der Waals surface area contributed by atoms with Crippen LogP contribution in [0.4, 0.5) is 13.2 Å². The molecular weight excluding hydrogens is 341 g/mol. The number of hydrogen-bond acceptors (Lipinski definition) is 3. The molecule has 3 nitrogen and oxygen atoms in total. The molecular formula is C20H9F3N2O. The molecule has 0 heterocycles. The largest absolute Gasteiger partial charge is 0.450 e. The van der Waals surface area contributed by atoms with Crippen LogP contribution in [-0.2, 0) is 0 Å². The Labute approximate surface area is 147 Å². The zero-order valence-corrected chi connectivity index (χ0v) is 13.1. The number of hydrogen-bond donors (Lipinski definition) is 0. The van der Waals surface area contributed by atoms with Gasteiger partial charge in [-0.1, -0.05) is 48.5 Å². The summed E-state index contributed by atoms with van der Waals surface area (Å²) in [6, 6.07) is 18.0. The van der Waals surface area contributed by atoms with Crippen LogP contribution in [0, 0.1) is 40.1 Å². The molecule has 0 aliphatic carbocycles. The van der Waals surface area contributed by atoms with Crippen LogP contribution in [0.25, 0.3) is 11.1 Å². The van der Waals surface area contributed by atoms with Gasteiger partial charge in [-0.2, -0.15) is 14.9 Å². The van der Waals surface area contributed by atoms with Crippen molar-refractivity contribution in [1.29, 1.82) is 10.5 Å². The Hall–Kier alpha value is -3.77. The maximum atomic E-state index is 14.5. The minimum Gasteiger partial charge on any atom is -0.450 e. The number of nitriles is 2. The molecule has 26 heavy (non-hydrogen) atoms. The zero-order valence-electron chi connectivity index (χ0n) is 13.1. The first kappa shape index (κ1) is 17.1. The normalized spacial score (nSPS) is 10.0. The third kappa shape index (κ3) is 2.85. The van der Waals surface area contributed by atoms with Gasteiger partial charge in [0.25, 0.3) is 0 Å². The molecule has 0 atom stereocenters. The van der Waals surface area contributed by atoms with Crippen molar-refractivity contribution in [1.82, 2.24) is 0 Å². The molecule has 3 rings (SSSR count). The standard InChI is InChI=1S/C20H9F3N2O/c21-17-14(10-24)15(11-25)18(22)20(19(17)23)26-16-9-5-4-8-13(16)12-6-2-1-3-7-12/h1-9H. The average molecular weight is 350 g/mol. The van der Waals surface area contributed by atoms with Crippen LogP contribution in [0.3, 0.4) is 0 Å². The third-order valence-corrected chi connectivity index (χ3v) is 3.69. The number of rotatable bonds is 3. The highest BCUT2D eigenvalue weighted by Crippen LogP contribution is 2.37. The van der Waals surface area contributed by atoms with Gasteiger partial charge in [-0.25, -0.2) is 8.78 Å². The second-order valence-electron chi connectivity index (χ2n) is 5.21. The summed E-state index contributed by atoms with van der Waals surface area (Å²) in [5.41, 5.74) is -0.654. The van der Waals surface area contributed by atoms with Crippen molar-refractivity contribution in [2.24, 2.45) is 0 Å². The van der Waals surface area contributed by atoms with Gasteiger partial charge in [0.15, 0.2) is 11.6 Å². The highest BCUT2D eigenvalue weighted by Gasteiger charge is 2.27. The van der Waals surface area contributed by atoms with E-state index in [-0.39, 0.29) is 5.75 Å². The van der Waals surface area contributed by atoms with Gasteiger partial charge in [-0.3, -0.25) is 0 Å². The summed E-state index contributed by atoms with van der Waals surface area (Å²) in [7, 11) is 0. The van der Waals surface area contributed by atoms with E-state index in [4.69, 9.17) is 15.3 Å². The van der Waals surface area contributed by atoms with Crippen molar-refractivity contribution in [2.75, 3.05) is 0 Å². The summed E-state index contributed by atoms with van der Waals surface area (Å²) in [6.45, 7) is 0. The molecule has 0 bridgehead atoms. The predicted molar refractivity (Wildman–Crippen MR) is 87.7 cm³/mol. The van der Waals surface area contributed by atoms with Crippen molar-refractivity contribution < 1.29 is 17.9 Å². The van der Waals surface area contributed by atoms with Crippen LogP contribution in [-0.4, -0.2) is 0 Å². The SMILES string of the molecule is N#Cc1c(F)c(F)c(Oc2ccccc2-c2ccccc2)c(F)c1C#N. The zero-order chi connectivity index (χ0) is 18.7. The molecule has 6 heteroatoms. The maximum Gasteiger partial charge on any atom is 0.205 e. The molecule has 0 saturated carbocycles. The van der Waals surface area contributed by atoms with Gasteiger partial charge in [0.1, 0.15) is 29.0 Å². The molecule has 0 fully saturated rings. The minimum absolute atomic E-state index is 0.0736. The first-order valence-electron chi connectivity index (χ1n) is 7.41. The fraction of sp³-hybridized carbons (Fsp3) is 0. The fourth-order valence-corrected chi connectivity index (χ4v) is 2.46. The number of halogens is 3. The second kappa shape index (κ2) is 7.00. The van der Waals surface area contributed by atoms with Crippen molar-refractivity contribution in [3.05, 3.63) is 83.2 Å². The van der Waals surface area contributed by atoms with Crippen molar-refractivity contribution in [3.8, 4) is 34.8 Å². The van der Waals surface area contributed by atoms with E-state index in [1.807, 2.05) is 6.07 Å². The molecule has 0 saturated heterocycles. The van der Waals surface area contributed by atoms with Gasteiger partial charge in [0.2, 0.25) is 11.6 Å². The average Bonchev–Trinajstić information content (AvgIpc) is 2.68. The van der Waals surface area contributed by atoms with E-state index in [9.17, 15) is 13.2 Å². The van der Waals surface area contributed by atoms with Crippen molar-refractivity contribution in [2.45, 2.75) is 0 Å². The molecule has 0 aliphatic heterocycles. The van der Waals surface area contributed by atoms with Crippen LogP contribution in [0.15, 0.2) is 54.6 Å². The molecule has 0 amide bonds. The molecule has 0 aliphatic rings. The Morgan fingerprint density at radius 3 is 1.92 bits per heavy atom. The molecule has 0 radical (unpaired) electrons. The summed E-state index contributed by atoms with van der Waals surface area (Å²) >= 11 is 0. The Morgan fingerprint density at radius 1 is 0.692 bits per heavy atom. The summed E-state index contributed by atoms with van der Waals surface area (Å²) in [5, 5.41) is 17.8. The third-order valence-electron chi connectivity index (χ3n) is 3.69. The van der Waals surface area contributed by atoms with E-state index in [0.29, 0.717) is 5.56 Å². The van der Waals surface area contributed by atoms with Gasteiger partial charge in [-0.05, 0) is 11.6 Å². The van der Waals surface area contributed by atoms with Gasteiger partial charge >= 0.3 is 0 Å². The lowest BCUT2D eigenvalue weighted by Gasteiger charge is -2.14. The van der Waals surface area contributed by atoms with Crippen LogP contribution in [0.2, 0.25) is 0 Å². The topological polar surface area (TPSA) is 56.8 Å². The van der Waals surface area contributed by atoms with Gasteiger partial charge in [-0.15, -0.1) is 0 Å². The van der Waals surface area contributed by atoms with Gasteiger partial charge in [0.05, 0.1) is 0 Å². The fourth-order valence-electron chi connectivity index (χ4n) is 2.46. The quantitative estimate of drug-likeness (QED) is 0.602. The molecule has 0 unspecified atom stereocenters. The minimum atomic E-state index is -1.67. The predicted octanol–water partition coefficient (Wildman–Crippen LogP) is 5.31. The molecule has 3 aromatic carbocycles. The summed E-state index contributed by atoms with van der Waals surface area (Å²) in [5.74, 6) is -5.71. The monoisotopic (exact) mass is 350 g/mol. The summed E-state index contributed by atoms with van der Waals surface area (Å²) in [4.78, 5) is 0. The molecule has 0 aromatic heterocycles. The number of ether oxygens (including phenoxy) is 1. The van der Waals surface area contributed by atoms with Gasteiger partial charge < -0.3 is 4.74 Å². The smallest absolute Gasteiger partial charge is 0.205 e.